The van der Waals surface area contributed by atoms with Gasteiger partial charge in [-0.25, -0.2) is 0 Å². The van der Waals surface area contributed by atoms with E-state index in [1.807, 2.05) is 0 Å². The Balaban J connectivity index is 0. The largest absolute Gasteiger partial charge is 0.382 e. The molecule has 0 saturated heterocycles. The van der Waals surface area contributed by atoms with E-state index < -0.39 is 12.0 Å². The molecule has 1 unspecified atom stereocenters. The minimum atomic E-state index is -1.04. The average molecular weight is 169 g/mol. The van der Waals surface area contributed by atoms with Gasteiger partial charge >= 0.3 is 0 Å². The third-order valence-corrected chi connectivity index (χ3v) is 0.867. The Labute approximate surface area is 66.4 Å². The summed E-state index contributed by atoms with van der Waals surface area (Å²) in [5, 5.41) is 8.78. The lowest BCUT2D eigenvalue weighted by Gasteiger charge is -2.11. The molecule has 0 aliphatic rings. The van der Waals surface area contributed by atoms with Crippen LogP contribution in [-0.4, -0.2) is 42.7 Å². The van der Waals surface area contributed by atoms with Crippen LogP contribution in [0.1, 0.15) is 0 Å². The lowest BCUT2D eigenvalue weighted by molar-refractivity contribution is -0.126. The summed E-state index contributed by atoms with van der Waals surface area (Å²) < 4.78 is 0. The lowest BCUT2D eigenvalue weighted by Crippen LogP contribution is -2.37. The maximum absolute atomic E-state index is 10.2. The highest BCUT2D eigenvalue weighted by molar-refractivity contribution is 5.85. The van der Waals surface area contributed by atoms with Crippen molar-refractivity contribution >= 4 is 18.3 Å². The number of primary amides is 1. The number of rotatable bonds is 3. The van der Waals surface area contributed by atoms with E-state index in [2.05, 4.69) is 0 Å². The molecule has 5 heteroatoms. The third-order valence-electron chi connectivity index (χ3n) is 0.867. The Morgan fingerprint density at radius 2 is 2.10 bits per heavy atom. The summed E-state index contributed by atoms with van der Waals surface area (Å²) >= 11 is 0. The van der Waals surface area contributed by atoms with E-state index in [-0.39, 0.29) is 19.0 Å². The van der Waals surface area contributed by atoms with Gasteiger partial charge in [-0.2, -0.15) is 0 Å². The van der Waals surface area contributed by atoms with Gasteiger partial charge in [-0.05, 0) is 14.1 Å². The van der Waals surface area contributed by atoms with Crippen molar-refractivity contribution in [2.24, 2.45) is 5.73 Å². The van der Waals surface area contributed by atoms with E-state index >= 15 is 0 Å². The number of hydrogen-bond donors (Lipinski definition) is 2. The number of nitrogens with two attached hydrogens (primary N) is 1. The van der Waals surface area contributed by atoms with Crippen molar-refractivity contribution in [2.75, 3.05) is 20.6 Å². The molecule has 0 bridgehead atoms. The van der Waals surface area contributed by atoms with Gasteiger partial charge in [0, 0.05) is 6.54 Å². The zero-order chi connectivity index (χ0) is 7.44. The monoisotopic (exact) mass is 168 g/mol. The van der Waals surface area contributed by atoms with Crippen molar-refractivity contribution in [3.8, 4) is 0 Å². The van der Waals surface area contributed by atoms with Crippen molar-refractivity contribution in [3.63, 3.8) is 0 Å². The lowest BCUT2D eigenvalue weighted by atomic mass is 10.3. The summed E-state index contributed by atoms with van der Waals surface area (Å²) in [5.74, 6) is -0.677. The second-order valence-corrected chi connectivity index (χ2v) is 2.18. The molecule has 0 heterocycles. The minimum absolute atomic E-state index is 0. The predicted molar refractivity (Wildman–Crippen MR) is 41.0 cm³/mol. The molecule has 0 aliphatic heterocycles. The topological polar surface area (TPSA) is 66.6 Å². The van der Waals surface area contributed by atoms with Gasteiger partial charge in [0.2, 0.25) is 5.91 Å². The Morgan fingerprint density at radius 1 is 1.70 bits per heavy atom. The van der Waals surface area contributed by atoms with Crippen LogP contribution in [0, 0.1) is 0 Å². The molecule has 1 amide bonds. The van der Waals surface area contributed by atoms with Crippen LogP contribution in [-0.2, 0) is 4.79 Å². The van der Waals surface area contributed by atoms with Gasteiger partial charge in [0.1, 0.15) is 6.10 Å². The maximum Gasteiger partial charge on any atom is 0.247 e. The normalized spacial score (nSPS) is 12.4. The molecule has 0 fully saturated rings. The van der Waals surface area contributed by atoms with Gasteiger partial charge in [-0.1, -0.05) is 0 Å². The highest BCUT2D eigenvalue weighted by Crippen LogP contribution is 1.82. The summed E-state index contributed by atoms with van der Waals surface area (Å²) in [4.78, 5) is 11.9. The van der Waals surface area contributed by atoms with E-state index in [9.17, 15) is 4.79 Å². The highest BCUT2D eigenvalue weighted by atomic mass is 35.5. The molecule has 62 valence electrons. The first-order valence-electron chi connectivity index (χ1n) is 2.66. The van der Waals surface area contributed by atoms with E-state index in [1.54, 1.807) is 19.0 Å². The van der Waals surface area contributed by atoms with Crippen molar-refractivity contribution in [2.45, 2.75) is 6.10 Å². The predicted octanol–water partition coefficient (Wildman–Crippen LogP) is -1.18. The third kappa shape index (κ3) is 5.81. The molecule has 3 N–H and O–H groups in total. The van der Waals surface area contributed by atoms with Crippen LogP contribution in [0.4, 0.5) is 0 Å². The van der Waals surface area contributed by atoms with E-state index in [0.717, 1.165) is 0 Å². The fourth-order valence-electron chi connectivity index (χ4n) is 0.436. The van der Waals surface area contributed by atoms with Crippen molar-refractivity contribution in [1.82, 2.24) is 4.90 Å². The summed E-state index contributed by atoms with van der Waals surface area (Å²) in [6.07, 6.45) is -1.04. The van der Waals surface area contributed by atoms with Crippen LogP contribution in [0.15, 0.2) is 0 Å². The second-order valence-electron chi connectivity index (χ2n) is 2.18. The van der Waals surface area contributed by atoms with Crippen molar-refractivity contribution in [3.05, 3.63) is 0 Å². The van der Waals surface area contributed by atoms with E-state index in [0.29, 0.717) is 0 Å². The Morgan fingerprint density at radius 3 is 2.20 bits per heavy atom. The Bertz CT molecular complexity index is 108. The van der Waals surface area contributed by atoms with Gasteiger partial charge in [0.05, 0.1) is 0 Å². The second kappa shape index (κ2) is 5.46. The zero-order valence-electron chi connectivity index (χ0n) is 6.07. The number of aliphatic hydroxyl groups is 1. The number of hydrogen-bond acceptors (Lipinski definition) is 3. The van der Waals surface area contributed by atoms with Gasteiger partial charge in [-0.3, -0.25) is 4.79 Å². The molecule has 0 spiro atoms. The van der Waals surface area contributed by atoms with E-state index in [4.69, 9.17) is 10.8 Å². The average Bonchev–Trinajstić information content (AvgIpc) is 1.63. The number of likely N-dealkylation sites (N-methyl/N-ethyl adjacent to an activating group) is 1. The summed E-state index contributed by atoms with van der Waals surface area (Å²) in [6, 6.07) is 0. The SMILES string of the molecule is CN(C)CC(O)C(N)=O.Cl. The molecule has 0 rings (SSSR count). The molecule has 0 aromatic carbocycles. The molecular formula is C5H13ClN2O2. The molecule has 0 aliphatic carbocycles. The highest BCUT2D eigenvalue weighted by Gasteiger charge is 2.10. The van der Waals surface area contributed by atoms with Crippen LogP contribution < -0.4 is 5.73 Å². The van der Waals surface area contributed by atoms with Gasteiger partial charge in [0.25, 0.3) is 0 Å². The molecule has 0 radical (unpaired) electrons. The number of halogens is 1. The number of nitrogens with zero attached hydrogens (tertiary/aromatic N) is 1. The molecule has 0 aromatic rings. The van der Waals surface area contributed by atoms with Crippen LogP contribution >= 0.6 is 12.4 Å². The van der Waals surface area contributed by atoms with Crippen LogP contribution in [0.5, 0.6) is 0 Å². The fraction of sp³-hybridized carbons (Fsp3) is 0.800. The van der Waals surface area contributed by atoms with Crippen LogP contribution in [0.2, 0.25) is 0 Å². The smallest absolute Gasteiger partial charge is 0.247 e. The first-order chi connectivity index (χ1) is 4.04. The molecule has 0 aromatic heterocycles. The molecule has 1 atom stereocenters. The first-order valence-corrected chi connectivity index (χ1v) is 2.66. The Kier molecular flexibility index (Phi) is 6.76. The molecule has 4 nitrogen and oxygen atoms in total. The number of carbonyl (C=O) groups excluding carboxylic acids is 1. The number of amides is 1. The summed E-state index contributed by atoms with van der Waals surface area (Å²) in [5.41, 5.74) is 4.77. The fourth-order valence-corrected chi connectivity index (χ4v) is 0.436. The summed E-state index contributed by atoms with van der Waals surface area (Å²) in [6.45, 7) is 0.287. The number of aliphatic hydroxyl groups excluding tert-OH is 1. The van der Waals surface area contributed by atoms with Crippen molar-refractivity contribution in [1.29, 1.82) is 0 Å². The minimum Gasteiger partial charge on any atom is -0.382 e. The zero-order valence-corrected chi connectivity index (χ0v) is 6.89. The standard InChI is InChI=1S/C5H12N2O2.ClH/c1-7(2)3-4(8)5(6)9;/h4,8H,3H2,1-2H3,(H2,6,9);1H. The van der Waals surface area contributed by atoms with Crippen LogP contribution in [0.3, 0.4) is 0 Å². The number of carbonyl (C=O) groups is 1. The van der Waals surface area contributed by atoms with Gasteiger partial charge < -0.3 is 15.7 Å². The molecule has 10 heavy (non-hydrogen) atoms. The van der Waals surface area contributed by atoms with Crippen molar-refractivity contribution < 1.29 is 9.90 Å². The van der Waals surface area contributed by atoms with Crippen LogP contribution in [0.25, 0.3) is 0 Å². The van der Waals surface area contributed by atoms with Gasteiger partial charge in [-0.15, -0.1) is 12.4 Å². The quantitative estimate of drug-likeness (QED) is 0.558. The Hall–Kier alpha value is -0.320. The molecular weight excluding hydrogens is 156 g/mol. The maximum atomic E-state index is 10.2. The van der Waals surface area contributed by atoms with Gasteiger partial charge in [0.15, 0.2) is 0 Å². The summed E-state index contributed by atoms with van der Waals surface area (Å²) in [7, 11) is 3.51. The first kappa shape index (κ1) is 12.4. The molecule has 0 saturated carbocycles. The van der Waals surface area contributed by atoms with E-state index in [1.165, 1.54) is 0 Å².